The zero-order chi connectivity index (χ0) is 14.4. The number of carbonyl (C=O) groups excluding carboxylic acids is 1. The van der Waals surface area contributed by atoms with Gasteiger partial charge in [-0.1, -0.05) is 28.1 Å². The Labute approximate surface area is 118 Å². The summed E-state index contributed by atoms with van der Waals surface area (Å²) in [4.78, 5) is 21.9. The predicted molar refractivity (Wildman–Crippen MR) is 72.7 cm³/mol. The second-order valence-corrected chi connectivity index (χ2v) is 4.90. The molecule has 104 valence electrons. The van der Waals surface area contributed by atoms with Crippen LogP contribution in [-0.2, 0) is 4.79 Å². The number of benzene rings is 1. The fourth-order valence-corrected chi connectivity index (χ4v) is 1.80. The Kier molecular flexibility index (Phi) is 5.78. The first-order chi connectivity index (χ1) is 8.90. The standard InChI is InChI=1S/C12H15BrN2O4/c1-7(8-3-2-4-9(13)5-8)15-12(19)14-6-10(16)11(17)18/h2-5,7,10,16H,6H2,1H3,(H,17,18)(H2,14,15,19)/t7?,10-/m0/s1. The summed E-state index contributed by atoms with van der Waals surface area (Å²) in [6, 6.07) is 6.69. The highest BCUT2D eigenvalue weighted by Crippen LogP contribution is 2.17. The van der Waals surface area contributed by atoms with Gasteiger partial charge in [0.25, 0.3) is 0 Å². The Balaban J connectivity index is 2.46. The summed E-state index contributed by atoms with van der Waals surface area (Å²) in [6.07, 6.45) is -1.60. The fraction of sp³-hybridized carbons (Fsp3) is 0.333. The van der Waals surface area contributed by atoms with Crippen LogP contribution in [0.25, 0.3) is 0 Å². The molecule has 1 rings (SSSR count). The summed E-state index contributed by atoms with van der Waals surface area (Å²) in [6.45, 7) is 1.46. The molecular formula is C12H15BrN2O4. The third-order valence-corrected chi connectivity index (χ3v) is 2.93. The SMILES string of the molecule is CC(NC(=O)NC[C@H](O)C(=O)O)c1cccc(Br)c1. The summed E-state index contributed by atoms with van der Waals surface area (Å²) in [5.41, 5.74) is 0.906. The van der Waals surface area contributed by atoms with Crippen LogP contribution in [-0.4, -0.2) is 34.9 Å². The molecule has 0 heterocycles. The quantitative estimate of drug-likeness (QED) is 0.653. The molecule has 0 aromatic heterocycles. The highest BCUT2D eigenvalue weighted by molar-refractivity contribution is 9.10. The van der Waals surface area contributed by atoms with Crippen molar-refractivity contribution < 1.29 is 19.8 Å². The van der Waals surface area contributed by atoms with Crippen LogP contribution in [0, 0.1) is 0 Å². The fourth-order valence-electron chi connectivity index (χ4n) is 1.38. The van der Waals surface area contributed by atoms with Crippen LogP contribution in [0.15, 0.2) is 28.7 Å². The van der Waals surface area contributed by atoms with E-state index in [4.69, 9.17) is 10.2 Å². The van der Waals surface area contributed by atoms with Crippen molar-refractivity contribution in [2.45, 2.75) is 19.1 Å². The average Bonchev–Trinajstić information content (AvgIpc) is 2.35. The number of carboxylic acid groups (broad SMARTS) is 1. The number of carbonyl (C=O) groups is 2. The Morgan fingerprint density at radius 2 is 2.11 bits per heavy atom. The molecule has 0 fully saturated rings. The molecule has 19 heavy (non-hydrogen) atoms. The smallest absolute Gasteiger partial charge is 0.334 e. The van der Waals surface area contributed by atoms with Gasteiger partial charge in [0.2, 0.25) is 0 Å². The monoisotopic (exact) mass is 330 g/mol. The normalized spacial score (nSPS) is 13.4. The van der Waals surface area contributed by atoms with Gasteiger partial charge in [-0.25, -0.2) is 9.59 Å². The van der Waals surface area contributed by atoms with Gasteiger partial charge in [0, 0.05) is 4.47 Å². The molecule has 1 aromatic rings. The highest BCUT2D eigenvalue weighted by Gasteiger charge is 2.15. The lowest BCUT2D eigenvalue weighted by molar-refractivity contribution is -0.146. The van der Waals surface area contributed by atoms with E-state index in [0.29, 0.717) is 0 Å². The predicted octanol–water partition coefficient (Wildman–Crippen LogP) is 1.25. The zero-order valence-electron chi connectivity index (χ0n) is 10.3. The van der Waals surface area contributed by atoms with E-state index in [1.54, 1.807) is 6.92 Å². The molecule has 2 atom stereocenters. The Bertz CT molecular complexity index is 467. The van der Waals surface area contributed by atoms with E-state index >= 15 is 0 Å². The number of aliphatic hydroxyl groups excluding tert-OH is 1. The highest BCUT2D eigenvalue weighted by atomic mass is 79.9. The minimum Gasteiger partial charge on any atom is -0.479 e. The third-order valence-electron chi connectivity index (χ3n) is 2.44. The largest absolute Gasteiger partial charge is 0.479 e. The molecule has 7 heteroatoms. The maximum atomic E-state index is 11.5. The van der Waals surface area contributed by atoms with Gasteiger partial charge in [-0.05, 0) is 24.6 Å². The molecule has 0 aliphatic rings. The van der Waals surface area contributed by atoms with Gasteiger partial charge in [-0.15, -0.1) is 0 Å². The van der Waals surface area contributed by atoms with E-state index in [1.807, 2.05) is 24.3 Å². The molecule has 2 amide bonds. The van der Waals surface area contributed by atoms with E-state index in [-0.39, 0.29) is 12.6 Å². The number of nitrogens with one attached hydrogen (secondary N) is 2. The van der Waals surface area contributed by atoms with Gasteiger partial charge >= 0.3 is 12.0 Å². The number of aliphatic carboxylic acids is 1. The molecule has 0 saturated heterocycles. The van der Waals surface area contributed by atoms with Crippen molar-refractivity contribution in [3.05, 3.63) is 34.3 Å². The zero-order valence-corrected chi connectivity index (χ0v) is 11.8. The molecule has 1 unspecified atom stereocenters. The number of amides is 2. The van der Waals surface area contributed by atoms with Crippen LogP contribution in [0.1, 0.15) is 18.5 Å². The minimum atomic E-state index is -1.60. The average molecular weight is 331 g/mol. The van der Waals surface area contributed by atoms with Crippen molar-refractivity contribution in [3.8, 4) is 0 Å². The lowest BCUT2D eigenvalue weighted by Crippen LogP contribution is -2.42. The van der Waals surface area contributed by atoms with E-state index in [1.165, 1.54) is 0 Å². The summed E-state index contributed by atoms with van der Waals surface area (Å²) in [5, 5.41) is 22.4. The molecular weight excluding hydrogens is 316 g/mol. The van der Waals surface area contributed by atoms with Gasteiger partial charge in [-0.3, -0.25) is 0 Å². The van der Waals surface area contributed by atoms with Gasteiger partial charge in [0.1, 0.15) is 0 Å². The molecule has 0 saturated carbocycles. The van der Waals surface area contributed by atoms with E-state index < -0.39 is 18.1 Å². The van der Waals surface area contributed by atoms with E-state index in [2.05, 4.69) is 26.6 Å². The number of hydrogen-bond acceptors (Lipinski definition) is 3. The van der Waals surface area contributed by atoms with Crippen molar-refractivity contribution in [1.29, 1.82) is 0 Å². The Morgan fingerprint density at radius 1 is 1.42 bits per heavy atom. The number of aliphatic hydroxyl groups is 1. The van der Waals surface area contributed by atoms with Crippen LogP contribution in [0.2, 0.25) is 0 Å². The first-order valence-corrected chi connectivity index (χ1v) is 6.40. The molecule has 6 nitrogen and oxygen atoms in total. The van der Waals surface area contributed by atoms with Crippen LogP contribution >= 0.6 is 15.9 Å². The Morgan fingerprint density at radius 3 is 2.68 bits per heavy atom. The number of carboxylic acids is 1. The van der Waals surface area contributed by atoms with Crippen molar-refractivity contribution >= 4 is 27.9 Å². The van der Waals surface area contributed by atoms with Crippen LogP contribution in [0.5, 0.6) is 0 Å². The van der Waals surface area contributed by atoms with E-state index in [0.717, 1.165) is 10.0 Å². The second kappa shape index (κ2) is 7.10. The van der Waals surface area contributed by atoms with Crippen LogP contribution < -0.4 is 10.6 Å². The first-order valence-electron chi connectivity index (χ1n) is 5.61. The molecule has 0 bridgehead atoms. The van der Waals surface area contributed by atoms with Gasteiger partial charge < -0.3 is 20.8 Å². The summed E-state index contributed by atoms with van der Waals surface area (Å²) >= 11 is 3.34. The van der Waals surface area contributed by atoms with Crippen molar-refractivity contribution in [2.75, 3.05) is 6.54 Å². The van der Waals surface area contributed by atoms with Gasteiger partial charge in [0.15, 0.2) is 6.10 Å². The van der Waals surface area contributed by atoms with Gasteiger partial charge in [-0.2, -0.15) is 0 Å². The molecule has 0 aliphatic heterocycles. The van der Waals surface area contributed by atoms with E-state index in [9.17, 15) is 9.59 Å². The first kappa shape index (κ1) is 15.5. The van der Waals surface area contributed by atoms with Crippen LogP contribution in [0.4, 0.5) is 4.79 Å². The van der Waals surface area contributed by atoms with Crippen molar-refractivity contribution in [3.63, 3.8) is 0 Å². The molecule has 4 N–H and O–H groups in total. The summed E-state index contributed by atoms with van der Waals surface area (Å²) in [5.74, 6) is -1.37. The van der Waals surface area contributed by atoms with Gasteiger partial charge in [0.05, 0.1) is 12.6 Å². The number of hydrogen-bond donors (Lipinski definition) is 4. The van der Waals surface area contributed by atoms with Crippen molar-refractivity contribution in [2.24, 2.45) is 0 Å². The topological polar surface area (TPSA) is 98.7 Å². The second-order valence-electron chi connectivity index (χ2n) is 3.99. The van der Waals surface area contributed by atoms with Crippen LogP contribution in [0.3, 0.4) is 0 Å². The molecule has 0 aliphatic carbocycles. The minimum absolute atomic E-state index is 0.237. The number of halogens is 1. The summed E-state index contributed by atoms with van der Waals surface area (Å²) < 4.78 is 0.903. The number of urea groups is 1. The Hall–Kier alpha value is -1.60. The maximum absolute atomic E-state index is 11.5. The number of rotatable bonds is 5. The molecule has 1 aromatic carbocycles. The lowest BCUT2D eigenvalue weighted by Gasteiger charge is -2.16. The lowest BCUT2D eigenvalue weighted by atomic mass is 10.1. The van der Waals surface area contributed by atoms with Crippen molar-refractivity contribution in [1.82, 2.24) is 10.6 Å². The maximum Gasteiger partial charge on any atom is 0.334 e. The third kappa shape index (κ3) is 5.27. The molecule has 0 spiro atoms. The molecule has 0 radical (unpaired) electrons. The summed E-state index contributed by atoms with van der Waals surface area (Å²) in [7, 11) is 0.